The van der Waals surface area contributed by atoms with Crippen LogP contribution in [-0.4, -0.2) is 31.2 Å². The van der Waals surface area contributed by atoms with Crippen molar-refractivity contribution in [3.05, 3.63) is 23.8 Å². The highest BCUT2D eigenvalue weighted by molar-refractivity contribution is 5.59. The van der Waals surface area contributed by atoms with Crippen LogP contribution in [0.5, 0.6) is 0 Å². The number of aryl methyl sites for hydroxylation is 1. The fraction of sp³-hybridized carbons (Fsp3) is 0.455. The average Bonchev–Trinajstić information content (AvgIpc) is 2.20. The smallest absolute Gasteiger partial charge is 0.0398 e. The zero-order valence-electron chi connectivity index (χ0n) is 9.11. The highest BCUT2D eigenvalue weighted by atomic mass is 15.4. The number of hydrogen-bond donors (Lipinski definition) is 2. The Balaban J connectivity index is 2.15. The van der Waals surface area contributed by atoms with Gasteiger partial charge in [0.2, 0.25) is 0 Å². The van der Waals surface area contributed by atoms with Crippen LogP contribution in [0.3, 0.4) is 0 Å². The molecule has 0 aromatic heterocycles. The van der Waals surface area contributed by atoms with Crippen LogP contribution < -0.4 is 16.5 Å². The quantitative estimate of drug-likeness (QED) is 0.521. The number of benzene rings is 1. The third-order valence-electron chi connectivity index (χ3n) is 2.88. The average molecular weight is 206 g/mol. The Kier molecular flexibility index (Phi) is 2.79. The fourth-order valence-electron chi connectivity index (χ4n) is 2.00. The van der Waals surface area contributed by atoms with Crippen molar-refractivity contribution < 1.29 is 0 Å². The molecule has 0 aliphatic carbocycles. The molecule has 0 saturated carbocycles. The summed E-state index contributed by atoms with van der Waals surface area (Å²) in [4.78, 5) is 2.36. The number of hydrogen-bond acceptors (Lipinski definition) is 4. The van der Waals surface area contributed by atoms with Crippen LogP contribution in [0.4, 0.5) is 11.4 Å². The number of hydrazine groups is 1. The minimum Gasteiger partial charge on any atom is -0.399 e. The monoisotopic (exact) mass is 206 g/mol. The van der Waals surface area contributed by atoms with Crippen molar-refractivity contribution in [3.63, 3.8) is 0 Å². The second-order valence-corrected chi connectivity index (χ2v) is 4.07. The minimum absolute atomic E-state index is 0.828. The maximum absolute atomic E-state index is 5.73. The molecule has 1 aliphatic heterocycles. The first-order valence-corrected chi connectivity index (χ1v) is 5.27. The van der Waals surface area contributed by atoms with Crippen molar-refractivity contribution in [2.75, 3.05) is 36.8 Å². The summed E-state index contributed by atoms with van der Waals surface area (Å²) in [5.74, 6) is 5.72. The van der Waals surface area contributed by atoms with Gasteiger partial charge in [0, 0.05) is 37.6 Å². The van der Waals surface area contributed by atoms with E-state index in [-0.39, 0.29) is 0 Å². The summed E-state index contributed by atoms with van der Waals surface area (Å²) in [6.45, 7) is 5.91. The molecular formula is C11H18N4. The van der Waals surface area contributed by atoms with E-state index < -0.39 is 0 Å². The molecular weight excluding hydrogens is 188 g/mol. The van der Waals surface area contributed by atoms with Crippen LogP contribution in [-0.2, 0) is 0 Å². The molecule has 4 nitrogen and oxygen atoms in total. The topological polar surface area (TPSA) is 58.5 Å². The van der Waals surface area contributed by atoms with E-state index in [1.165, 1.54) is 11.3 Å². The number of nitrogens with two attached hydrogens (primary N) is 2. The molecule has 1 aliphatic rings. The van der Waals surface area contributed by atoms with Crippen molar-refractivity contribution in [1.29, 1.82) is 0 Å². The van der Waals surface area contributed by atoms with E-state index in [9.17, 15) is 0 Å². The van der Waals surface area contributed by atoms with Gasteiger partial charge in [-0.05, 0) is 30.7 Å². The lowest BCUT2D eigenvalue weighted by molar-refractivity contribution is 0.266. The molecule has 4 N–H and O–H groups in total. The van der Waals surface area contributed by atoms with Crippen molar-refractivity contribution in [1.82, 2.24) is 5.01 Å². The van der Waals surface area contributed by atoms with Crippen molar-refractivity contribution in [2.45, 2.75) is 6.92 Å². The Bertz CT molecular complexity index is 342. The lowest BCUT2D eigenvalue weighted by Crippen LogP contribution is -2.49. The first kappa shape index (κ1) is 10.3. The van der Waals surface area contributed by atoms with Gasteiger partial charge in [0.1, 0.15) is 0 Å². The molecule has 1 fully saturated rings. The lowest BCUT2D eigenvalue weighted by Gasteiger charge is -2.34. The van der Waals surface area contributed by atoms with E-state index in [0.717, 1.165) is 31.9 Å². The number of anilines is 2. The number of piperazine rings is 1. The zero-order valence-corrected chi connectivity index (χ0v) is 9.11. The molecule has 0 bridgehead atoms. The van der Waals surface area contributed by atoms with Crippen LogP contribution in [0, 0.1) is 6.92 Å². The molecule has 1 aromatic rings. The second-order valence-electron chi connectivity index (χ2n) is 4.07. The van der Waals surface area contributed by atoms with Crippen LogP contribution in [0.2, 0.25) is 0 Å². The van der Waals surface area contributed by atoms with Gasteiger partial charge in [-0.2, -0.15) is 0 Å². The number of nitrogen functional groups attached to an aromatic ring is 1. The van der Waals surface area contributed by atoms with E-state index in [1.807, 2.05) is 17.1 Å². The number of rotatable bonds is 1. The molecule has 1 heterocycles. The summed E-state index contributed by atoms with van der Waals surface area (Å²) in [5, 5.41) is 1.86. The predicted octanol–water partition coefficient (Wildman–Crippen LogP) is 0.573. The standard InChI is InChI=1S/C11H18N4/c1-9-8-10(12)2-3-11(9)14-4-6-15(13)7-5-14/h2-3,8H,4-7,12-13H2,1H3. The minimum atomic E-state index is 0.828. The van der Waals surface area contributed by atoms with E-state index in [2.05, 4.69) is 17.9 Å². The largest absolute Gasteiger partial charge is 0.399 e. The molecule has 1 aromatic carbocycles. The first-order valence-electron chi connectivity index (χ1n) is 5.27. The summed E-state index contributed by atoms with van der Waals surface area (Å²) in [7, 11) is 0. The Morgan fingerprint density at radius 2 is 1.80 bits per heavy atom. The molecule has 15 heavy (non-hydrogen) atoms. The summed E-state index contributed by atoms with van der Waals surface area (Å²) in [6.07, 6.45) is 0. The van der Waals surface area contributed by atoms with Crippen molar-refractivity contribution in [3.8, 4) is 0 Å². The van der Waals surface area contributed by atoms with Crippen LogP contribution in [0.15, 0.2) is 18.2 Å². The van der Waals surface area contributed by atoms with Gasteiger partial charge in [-0.15, -0.1) is 0 Å². The molecule has 82 valence electrons. The molecule has 0 spiro atoms. The van der Waals surface area contributed by atoms with Gasteiger partial charge in [-0.3, -0.25) is 5.84 Å². The van der Waals surface area contributed by atoms with Crippen molar-refractivity contribution >= 4 is 11.4 Å². The van der Waals surface area contributed by atoms with Gasteiger partial charge in [-0.25, -0.2) is 5.01 Å². The van der Waals surface area contributed by atoms with Gasteiger partial charge in [0.25, 0.3) is 0 Å². The van der Waals surface area contributed by atoms with Gasteiger partial charge in [-0.1, -0.05) is 0 Å². The first-order chi connectivity index (χ1) is 7.16. The molecule has 0 amide bonds. The van der Waals surface area contributed by atoms with E-state index >= 15 is 0 Å². The van der Waals surface area contributed by atoms with Crippen LogP contribution >= 0.6 is 0 Å². The third kappa shape index (κ3) is 2.22. The van der Waals surface area contributed by atoms with Gasteiger partial charge >= 0.3 is 0 Å². The molecule has 0 unspecified atom stereocenters. The molecule has 0 radical (unpaired) electrons. The SMILES string of the molecule is Cc1cc(N)ccc1N1CCN(N)CC1. The zero-order chi connectivity index (χ0) is 10.8. The summed E-state index contributed by atoms with van der Waals surface area (Å²) in [6, 6.07) is 6.07. The molecule has 2 rings (SSSR count). The molecule has 4 heteroatoms. The summed E-state index contributed by atoms with van der Waals surface area (Å²) >= 11 is 0. The highest BCUT2D eigenvalue weighted by Gasteiger charge is 2.15. The Hall–Kier alpha value is -1.26. The summed E-state index contributed by atoms with van der Waals surface area (Å²) < 4.78 is 0. The van der Waals surface area contributed by atoms with E-state index in [0.29, 0.717) is 0 Å². The second kappa shape index (κ2) is 4.08. The van der Waals surface area contributed by atoms with Crippen LogP contribution in [0.25, 0.3) is 0 Å². The van der Waals surface area contributed by atoms with E-state index in [1.54, 1.807) is 0 Å². The maximum Gasteiger partial charge on any atom is 0.0398 e. The fourth-order valence-corrected chi connectivity index (χ4v) is 2.00. The Morgan fingerprint density at radius 1 is 1.13 bits per heavy atom. The third-order valence-corrected chi connectivity index (χ3v) is 2.88. The van der Waals surface area contributed by atoms with Gasteiger partial charge in [0.15, 0.2) is 0 Å². The normalized spacial score (nSPS) is 18.1. The molecule has 0 atom stereocenters. The van der Waals surface area contributed by atoms with Gasteiger partial charge < -0.3 is 10.6 Å². The Labute approximate surface area is 90.4 Å². The van der Waals surface area contributed by atoms with Crippen molar-refractivity contribution in [2.24, 2.45) is 5.84 Å². The number of nitrogens with zero attached hydrogens (tertiary/aromatic N) is 2. The van der Waals surface area contributed by atoms with Gasteiger partial charge in [0.05, 0.1) is 0 Å². The Morgan fingerprint density at radius 3 is 2.40 bits per heavy atom. The maximum atomic E-state index is 5.73. The summed E-state index contributed by atoms with van der Waals surface area (Å²) in [5.41, 5.74) is 9.07. The van der Waals surface area contributed by atoms with Crippen LogP contribution in [0.1, 0.15) is 5.56 Å². The van der Waals surface area contributed by atoms with E-state index in [4.69, 9.17) is 11.6 Å². The lowest BCUT2D eigenvalue weighted by atomic mass is 10.1. The molecule has 1 saturated heterocycles. The predicted molar refractivity (Wildman–Crippen MR) is 63.6 cm³/mol. The highest BCUT2D eigenvalue weighted by Crippen LogP contribution is 2.22.